The van der Waals surface area contributed by atoms with Crippen molar-refractivity contribution in [3.05, 3.63) is 29.8 Å². The lowest BCUT2D eigenvalue weighted by molar-refractivity contribution is 0.180. The zero-order valence-electron chi connectivity index (χ0n) is 10.8. The van der Waals surface area contributed by atoms with Crippen molar-refractivity contribution in [1.82, 2.24) is 0 Å². The SMILES string of the molecule is CC(C)Oc1ccc(C(O)C2CSCCS2)cc1. The molecule has 18 heavy (non-hydrogen) atoms. The Morgan fingerprint density at radius 2 is 1.94 bits per heavy atom. The second-order valence-corrected chi connectivity index (χ2v) is 7.16. The van der Waals surface area contributed by atoms with Gasteiger partial charge in [0.15, 0.2) is 0 Å². The molecule has 1 aliphatic heterocycles. The standard InChI is InChI=1S/C14H20O2S2/c1-10(2)16-12-5-3-11(4-6-12)14(15)13-9-17-7-8-18-13/h3-6,10,13-15H,7-9H2,1-2H3. The van der Waals surface area contributed by atoms with Gasteiger partial charge >= 0.3 is 0 Å². The van der Waals surface area contributed by atoms with Gasteiger partial charge in [0.1, 0.15) is 5.75 Å². The molecule has 0 saturated carbocycles. The van der Waals surface area contributed by atoms with Crippen molar-refractivity contribution < 1.29 is 9.84 Å². The van der Waals surface area contributed by atoms with E-state index in [4.69, 9.17) is 4.74 Å². The lowest BCUT2D eigenvalue weighted by atomic mass is 10.1. The number of thioether (sulfide) groups is 2. The van der Waals surface area contributed by atoms with E-state index in [0.29, 0.717) is 5.25 Å². The van der Waals surface area contributed by atoms with Gasteiger partial charge in [-0.25, -0.2) is 0 Å². The Labute approximate surface area is 117 Å². The Kier molecular flexibility index (Phi) is 5.27. The van der Waals surface area contributed by atoms with Gasteiger partial charge in [-0.2, -0.15) is 23.5 Å². The van der Waals surface area contributed by atoms with Crippen LogP contribution >= 0.6 is 23.5 Å². The van der Waals surface area contributed by atoms with Crippen LogP contribution in [-0.4, -0.2) is 33.7 Å². The van der Waals surface area contributed by atoms with Gasteiger partial charge < -0.3 is 9.84 Å². The van der Waals surface area contributed by atoms with Crippen molar-refractivity contribution in [2.24, 2.45) is 0 Å². The van der Waals surface area contributed by atoms with Gasteiger partial charge in [-0.3, -0.25) is 0 Å². The van der Waals surface area contributed by atoms with E-state index in [1.165, 1.54) is 5.75 Å². The molecular formula is C14H20O2S2. The summed E-state index contributed by atoms with van der Waals surface area (Å²) in [7, 11) is 0. The predicted molar refractivity (Wildman–Crippen MR) is 80.7 cm³/mol. The molecule has 1 aromatic carbocycles. The number of ether oxygens (including phenoxy) is 1. The minimum atomic E-state index is -0.365. The maximum absolute atomic E-state index is 10.3. The predicted octanol–water partition coefficient (Wildman–Crippen LogP) is 3.36. The van der Waals surface area contributed by atoms with Gasteiger partial charge in [0, 0.05) is 22.5 Å². The van der Waals surface area contributed by atoms with Crippen LogP contribution in [0, 0.1) is 0 Å². The van der Waals surface area contributed by atoms with Crippen molar-refractivity contribution in [2.45, 2.75) is 31.3 Å². The Balaban J connectivity index is 1.99. The minimum Gasteiger partial charge on any atom is -0.491 e. The maximum atomic E-state index is 10.3. The van der Waals surface area contributed by atoms with Gasteiger partial charge in [0.25, 0.3) is 0 Å². The Morgan fingerprint density at radius 1 is 1.22 bits per heavy atom. The average molecular weight is 284 g/mol. The van der Waals surface area contributed by atoms with Gasteiger partial charge in [0.2, 0.25) is 0 Å². The number of hydrogen-bond donors (Lipinski definition) is 1. The molecule has 0 amide bonds. The molecule has 0 aliphatic carbocycles. The highest BCUT2D eigenvalue weighted by Crippen LogP contribution is 2.33. The van der Waals surface area contributed by atoms with E-state index in [9.17, 15) is 5.11 Å². The summed E-state index contributed by atoms with van der Waals surface area (Å²) in [6, 6.07) is 7.84. The summed E-state index contributed by atoms with van der Waals surface area (Å²) in [6.07, 6.45) is -0.179. The fourth-order valence-electron chi connectivity index (χ4n) is 1.92. The largest absolute Gasteiger partial charge is 0.491 e. The van der Waals surface area contributed by atoms with E-state index >= 15 is 0 Å². The summed E-state index contributed by atoms with van der Waals surface area (Å²) in [5.41, 5.74) is 0.992. The van der Waals surface area contributed by atoms with Crippen molar-refractivity contribution in [2.75, 3.05) is 17.3 Å². The van der Waals surface area contributed by atoms with Crippen molar-refractivity contribution in [3.8, 4) is 5.75 Å². The van der Waals surface area contributed by atoms with Crippen LogP contribution in [0.2, 0.25) is 0 Å². The molecule has 2 rings (SSSR count). The summed E-state index contributed by atoms with van der Waals surface area (Å²) in [5, 5.41) is 10.7. The molecule has 4 heteroatoms. The second kappa shape index (κ2) is 6.73. The number of aliphatic hydroxyl groups is 1. The fourth-order valence-corrected chi connectivity index (χ4v) is 4.67. The summed E-state index contributed by atoms with van der Waals surface area (Å²) in [5.74, 6) is 4.25. The van der Waals surface area contributed by atoms with Crippen LogP contribution < -0.4 is 4.74 Å². The monoisotopic (exact) mass is 284 g/mol. The summed E-state index contributed by atoms with van der Waals surface area (Å²) >= 11 is 3.81. The van der Waals surface area contributed by atoms with Crippen molar-refractivity contribution in [3.63, 3.8) is 0 Å². The number of hydrogen-bond acceptors (Lipinski definition) is 4. The van der Waals surface area contributed by atoms with Crippen molar-refractivity contribution in [1.29, 1.82) is 0 Å². The van der Waals surface area contributed by atoms with Crippen LogP contribution in [0.1, 0.15) is 25.5 Å². The normalized spacial score (nSPS) is 21.9. The first-order chi connectivity index (χ1) is 8.66. The fraction of sp³-hybridized carbons (Fsp3) is 0.571. The molecular weight excluding hydrogens is 264 g/mol. The van der Waals surface area contributed by atoms with Gasteiger partial charge in [-0.1, -0.05) is 12.1 Å². The zero-order chi connectivity index (χ0) is 13.0. The Morgan fingerprint density at radius 3 is 2.50 bits per heavy atom. The van der Waals surface area contributed by atoms with Crippen LogP contribution in [0.4, 0.5) is 0 Å². The molecule has 1 fully saturated rings. The van der Waals surface area contributed by atoms with Gasteiger partial charge in [0.05, 0.1) is 12.2 Å². The number of aliphatic hydroxyl groups excluding tert-OH is 1. The van der Waals surface area contributed by atoms with Crippen molar-refractivity contribution >= 4 is 23.5 Å². The Hall–Kier alpha value is -0.320. The summed E-state index contributed by atoms with van der Waals surface area (Å²) < 4.78 is 5.60. The van der Waals surface area contributed by atoms with E-state index in [1.54, 1.807) is 0 Å². The molecule has 100 valence electrons. The van der Waals surface area contributed by atoms with Gasteiger partial charge in [-0.05, 0) is 31.5 Å². The zero-order valence-corrected chi connectivity index (χ0v) is 12.5. The first kappa shape index (κ1) is 14.1. The average Bonchev–Trinajstić information content (AvgIpc) is 2.39. The minimum absolute atomic E-state index is 0.186. The molecule has 1 aliphatic rings. The molecule has 2 nitrogen and oxygen atoms in total. The highest BCUT2D eigenvalue weighted by molar-refractivity contribution is 8.06. The van der Waals surface area contributed by atoms with E-state index in [-0.39, 0.29) is 12.2 Å². The molecule has 0 spiro atoms. The third-order valence-electron chi connectivity index (χ3n) is 2.79. The third kappa shape index (κ3) is 3.84. The van der Waals surface area contributed by atoms with E-state index in [1.807, 2.05) is 61.6 Å². The Bertz CT molecular complexity index is 359. The summed E-state index contributed by atoms with van der Waals surface area (Å²) in [4.78, 5) is 0. The van der Waals surface area contributed by atoms with E-state index in [2.05, 4.69) is 0 Å². The quantitative estimate of drug-likeness (QED) is 0.918. The molecule has 0 aromatic heterocycles. The molecule has 1 saturated heterocycles. The molecule has 0 radical (unpaired) electrons. The van der Waals surface area contributed by atoms with Gasteiger partial charge in [-0.15, -0.1) is 0 Å². The maximum Gasteiger partial charge on any atom is 0.119 e. The first-order valence-electron chi connectivity index (χ1n) is 6.31. The third-order valence-corrected chi connectivity index (χ3v) is 5.64. The molecule has 1 aromatic rings. The highest BCUT2D eigenvalue weighted by atomic mass is 32.2. The lowest BCUT2D eigenvalue weighted by Gasteiger charge is -2.26. The van der Waals surface area contributed by atoms with Crippen LogP contribution in [0.5, 0.6) is 5.75 Å². The molecule has 2 atom stereocenters. The highest BCUT2D eigenvalue weighted by Gasteiger charge is 2.23. The second-order valence-electron chi connectivity index (χ2n) is 4.66. The van der Waals surface area contributed by atoms with Crippen LogP contribution in [-0.2, 0) is 0 Å². The van der Waals surface area contributed by atoms with Crippen LogP contribution in [0.3, 0.4) is 0 Å². The van der Waals surface area contributed by atoms with E-state index < -0.39 is 0 Å². The number of rotatable bonds is 4. The first-order valence-corrected chi connectivity index (χ1v) is 8.51. The number of benzene rings is 1. The molecule has 0 bridgehead atoms. The summed E-state index contributed by atoms with van der Waals surface area (Å²) in [6.45, 7) is 4.03. The smallest absolute Gasteiger partial charge is 0.119 e. The molecule has 2 unspecified atom stereocenters. The van der Waals surface area contributed by atoms with Crippen LogP contribution in [0.15, 0.2) is 24.3 Å². The molecule has 1 N–H and O–H groups in total. The lowest BCUT2D eigenvalue weighted by Crippen LogP contribution is -2.22. The van der Waals surface area contributed by atoms with Crippen LogP contribution in [0.25, 0.3) is 0 Å². The molecule has 1 heterocycles. The topological polar surface area (TPSA) is 29.5 Å². The van der Waals surface area contributed by atoms with E-state index in [0.717, 1.165) is 22.8 Å².